The molecule has 0 radical (unpaired) electrons. The van der Waals surface area contributed by atoms with E-state index in [-0.39, 0.29) is 0 Å². The molecular formula is C12H22N6. The van der Waals surface area contributed by atoms with Gasteiger partial charge in [0, 0.05) is 39.4 Å². The smallest absolute Gasteiger partial charge is 0.194 e. The zero-order chi connectivity index (χ0) is 13.0. The van der Waals surface area contributed by atoms with Crippen molar-refractivity contribution in [3.63, 3.8) is 0 Å². The summed E-state index contributed by atoms with van der Waals surface area (Å²) in [6, 6.07) is 0.387. The van der Waals surface area contributed by atoms with Gasteiger partial charge in [-0.1, -0.05) is 6.92 Å². The van der Waals surface area contributed by atoms with Gasteiger partial charge in [-0.15, -0.1) is 0 Å². The van der Waals surface area contributed by atoms with E-state index in [9.17, 15) is 0 Å². The number of nitrogens with one attached hydrogen (secondary N) is 2. The quantitative estimate of drug-likeness (QED) is 0.450. The van der Waals surface area contributed by atoms with Crippen molar-refractivity contribution in [2.24, 2.45) is 21.6 Å². The second kappa shape index (κ2) is 5.97. The van der Waals surface area contributed by atoms with Crippen LogP contribution in [0.3, 0.4) is 0 Å². The molecule has 0 saturated carbocycles. The van der Waals surface area contributed by atoms with Crippen molar-refractivity contribution < 1.29 is 0 Å². The molecule has 0 amide bonds. The second-order valence-electron chi connectivity index (χ2n) is 4.70. The molecule has 0 aromatic carbocycles. The maximum atomic E-state index is 5.63. The SMILES string of the molecule is CN=C(N)NC1=CC(C)C(N2CCNCC2)C=N1. The summed E-state index contributed by atoms with van der Waals surface area (Å²) < 4.78 is 0. The molecule has 1 saturated heterocycles. The molecule has 100 valence electrons. The maximum Gasteiger partial charge on any atom is 0.194 e. The number of nitrogens with zero attached hydrogens (tertiary/aromatic N) is 3. The van der Waals surface area contributed by atoms with Crippen molar-refractivity contribution in [2.75, 3.05) is 33.2 Å². The highest BCUT2D eigenvalue weighted by molar-refractivity contribution is 5.80. The highest BCUT2D eigenvalue weighted by atomic mass is 15.2. The maximum absolute atomic E-state index is 5.63. The molecule has 0 aliphatic carbocycles. The number of nitrogens with two attached hydrogens (primary N) is 1. The molecule has 6 nitrogen and oxygen atoms in total. The highest BCUT2D eigenvalue weighted by Gasteiger charge is 2.25. The Morgan fingerprint density at radius 2 is 2.28 bits per heavy atom. The van der Waals surface area contributed by atoms with E-state index in [0.717, 1.165) is 32.0 Å². The van der Waals surface area contributed by atoms with E-state index in [1.54, 1.807) is 7.05 Å². The zero-order valence-electron chi connectivity index (χ0n) is 11.1. The van der Waals surface area contributed by atoms with Crippen molar-refractivity contribution in [3.8, 4) is 0 Å². The van der Waals surface area contributed by atoms with Crippen LogP contribution in [0, 0.1) is 5.92 Å². The third-order valence-corrected chi connectivity index (χ3v) is 3.40. The monoisotopic (exact) mass is 250 g/mol. The van der Waals surface area contributed by atoms with Gasteiger partial charge in [0.05, 0.1) is 6.04 Å². The average Bonchev–Trinajstić information content (AvgIpc) is 2.40. The van der Waals surface area contributed by atoms with E-state index in [0.29, 0.717) is 17.9 Å². The Morgan fingerprint density at radius 3 is 2.89 bits per heavy atom. The minimum atomic E-state index is 0.387. The summed E-state index contributed by atoms with van der Waals surface area (Å²) in [4.78, 5) is 10.8. The van der Waals surface area contributed by atoms with Gasteiger partial charge >= 0.3 is 0 Å². The van der Waals surface area contributed by atoms with Crippen molar-refractivity contribution in [2.45, 2.75) is 13.0 Å². The van der Waals surface area contributed by atoms with Gasteiger partial charge in [0.2, 0.25) is 0 Å². The molecule has 0 aromatic rings. The van der Waals surface area contributed by atoms with E-state index in [1.807, 2.05) is 6.21 Å². The fraction of sp³-hybridized carbons (Fsp3) is 0.667. The standard InChI is InChI=1S/C12H22N6/c1-9-7-11(17-12(13)14-2)16-8-10(9)18-5-3-15-4-6-18/h7-10,15H,3-6H2,1-2H3,(H3,13,14,17). The van der Waals surface area contributed by atoms with Crippen molar-refractivity contribution in [3.05, 3.63) is 11.9 Å². The van der Waals surface area contributed by atoms with Gasteiger partial charge in [-0.05, 0) is 12.0 Å². The molecule has 2 unspecified atom stereocenters. The molecule has 2 aliphatic heterocycles. The van der Waals surface area contributed by atoms with Gasteiger partial charge in [0.25, 0.3) is 0 Å². The Hall–Kier alpha value is -1.40. The summed E-state index contributed by atoms with van der Waals surface area (Å²) in [6.45, 7) is 6.48. The van der Waals surface area contributed by atoms with Crippen LogP contribution < -0.4 is 16.4 Å². The van der Waals surface area contributed by atoms with Crippen LogP contribution in [0.15, 0.2) is 21.9 Å². The van der Waals surface area contributed by atoms with Gasteiger partial charge in [0.15, 0.2) is 5.96 Å². The summed E-state index contributed by atoms with van der Waals surface area (Å²) in [7, 11) is 1.66. The van der Waals surface area contributed by atoms with Crippen LogP contribution >= 0.6 is 0 Å². The Balaban J connectivity index is 1.97. The number of rotatable bonds is 2. The molecule has 18 heavy (non-hydrogen) atoms. The molecule has 0 bridgehead atoms. The predicted octanol–water partition coefficient (Wildman–Crippen LogP) is -0.644. The van der Waals surface area contributed by atoms with Gasteiger partial charge < -0.3 is 16.4 Å². The molecule has 0 aromatic heterocycles. The summed E-state index contributed by atoms with van der Waals surface area (Å²) in [6.07, 6.45) is 4.13. The van der Waals surface area contributed by atoms with Crippen LogP contribution in [0.5, 0.6) is 0 Å². The molecule has 2 rings (SSSR count). The first-order chi connectivity index (χ1) is 8.70. The minimum Gasteiger partial charge on any atom is -0.370 e. The number of aliphatic imine (C=N–C) groups is 2. The van der Waals surface area contributed by atoms with E-state index >= 15 is 0 Å². The first-order valence-electron chi connectivity index (χ1n) is 6.41. The summed E-state index contributed by atoms with van der Waals surface area (Å²) >= 11 is 0. The third kappa shape index (κ3) is 3.08. The minimum absolute atomic E-state index is 0.387. The highest BCUT2D eigenvalue weighted by Crippen LogP contribution is 2.17. The molecule has 2 atom stereocenters. The first kappa shape index (κ1) is 13.0. The van der Waals surface area contributed by atoms with Crippen molar-refractivity contribution >= 4 is 12.2 Å². The largest absolute Gasteiger partial charge is 0.370 e. The summed E-state index contributed by atoms with van der Waals surface area (Å²) in [5.41, 5.74) is 5.63. The summed E-state index contributed by atoms with van der Waals surface area (Å²) in [5, 5.41) is 6.35. The van der Waals surface area contributed by atoms with Crippen LogP contribution in [0.1, 0.15) is 6.92 Å². The van der Waals surface area contributed by atoms with E-state index in [2.05, 4.69) is 38.5 Å². The summed E-state index contributed by atoms with van der Waals surface area (Å²) in [5.74, 6) is 1.61. The fourth-order valence-corrected chi connectivity index (χ4v) is 2.35. The van der Waals surface area contributed by atoms with Crippen LogP contribution in [0.4, 0.5) is 0 Å². The van der Waals surface area contributed by atoms with Gasteiger partial charge in [-0.3, -0.25) is 9.89 Å². The lowest BCUT2D eigenvalue weighted by Gasteiger charge is -2.36. The predicted molar refractivity (Wildman–Crippen MR) is 74.7 cm³/mol. The number of hydrogen-bond donors (Lipinski definition) is 3. The molecular weight excluding hydrogens is 228 g/mol. The van der Waals surface area contributed by atoms with Crippen LogP contribution in [0.2, 0.25) is 0 Å². The number of guanidine groups is 1. The lowest BCUT2D eigenvalue weighted by molar-refractivity contribution is 0.190. The molecule has 0 spiro atoms. The van der Waals surface area contributed by atoms with Gasteiger partial charge in [-0.25, -0.2) is 4.99 Å². The fourth-order valence-electron chi connectivity index (χ4n) is 2.35. The van der Waals surface area contributed by atoms with Crippen molar-refractivity contribution in [1.82, 2.24) is 15.5 Å². The van der Waals surface area contributed by atoms with E-state index in [1.165, 1.54) is 0 Å². The van der Waals surface area contributed by atoms with Gasteiger partial charge in [-0.2, -0.15) is 0 Å². The van der Waals surface area contributed by atoms with Crippen molar-refractivity contribution in [1.29, 1.82) is 0 Å². The van der Waals surface area contributed by atoms with Gasteiger partial charge in [0.1, 0.15) is 5.82 Å². The molecule has 1 fully saturated rings. The average molecular weight is 250 g/mol. The van der Waals surface area contributed by atoms with Crippen LogP contribution in [0.25, 0.3) is 0 Å². The topological polar surface area (TPSA) is 78.0 Å². The zero-order valence-corrected chi connectivity index (χ0v) is 11.1. The lowest BCUT2D eigenvalue weighted by atomic mass is 9.98. The Kier molecular flexibility index (Phi) is 4.33. The van der Waals surface area contributed by atoms with E-state index in [4.69, 9.17) is 5.73 Å². The second-order valence-corrected chi connectivity index (χ2v) is 4.70. The number of hydrogen-bond acceptors (Lipinski definition) is 4. The molecule has 2 heterocycles. The third-order valence-electron chi connectivity index (χ3n) is 3.40. The Labute approximate surface area is 108 Å². The molecule has 4 N–H and O–H groups in total. The van der Waals surface area contributed by atoms with Crippen LogP contribution in [-0.2, 0) is 0 Å². The Bertz CT molecular complexity index is 367. The first-order valence-corrected chi connectivity index (χ1v) is 6.41. The normalized spacial score (nSPS) is 30.1. The molecule has 6 heteroatoms. The van der Waals surface area contributed by atoms with Crippen LogP contribution in [-0.4, -0.2) is 56.3 Å². The lowest BCUT2D eigenvalue weighted by Crippen LogP contribution is -2.51. The Morgan fingerprint density at radius 1 is 1.56 bits per heavy atom. The molecule has 2 aliphatic rings. The number of piperazine rings is 1. The van der Waals surface area contributed by atoms with E-state index < -0.39 is 0 Å².